The minimum atomic E-state index is -0.143. The van der Waals surface area contributed by atoms with E-state index in [0.29, 0.717) is 11.7 Å². The molecule has 1 aromatic rings. The van der Waals surface area contributed by atoms with E-state index in [1.165, 1.54) is 0 Å². The van der Waals surface area contributed by atoms with Gasteiger partial charge < -0.3 is 4.74 Å². The first-order chi connectivity index (χ1) is 8.38. The number of rotatable bonds is 5. The lowest BCUT2D eigenvalue weighted by Gasteiger charge is -2.33. The van der Waals surface area contributed by atoms with E-state index in [4.69, 9.17) is 4.74 Å². The molecular weight excluding hydrogens is 224 g/mol. The molecule has 2 heteroatoms. The number of carbonyl (C=O) groups excluding carboxylic acids is 1. The first kappa shape index (κ1) is 14.7. The van der Waals surface area contributed by atoms with Crippen molar-refractivity contribution >= 4 is 5.97 Å². The molecule has 2 unspecified atom stereocenters. The maximum Gasteiger partial charge on any atom is 0.314 e. The van der Waals surface area contributed by atoms with Crippen LogP contribution in [0.3, 0.4) is 0 Å². The van der Waals surface area contributed by atoms with Crippen LogP contribution in [-0.2, 0) is 4.79 Å². The average Bonchev–Trinajstić information content (AvgIpc) is 2.38. The van der Waals surface area contributed by atoms with Gasteiger partial charge in [-0.3, -0.25) is 4.79 Å². The molecule has 0 saturated carbocycles. The minimum absolute atomic E-state index is 0.0971. The number of hydrogen-bond donors (Lipinski definition) is 0. The SMILES string of the molecule is CCC(C)(C)C(C)C(C)C(=O)Oc1ccccc1. The lowest BCUT2D eigenvalue weighted by atomic mass is 9.72. The molecule has 0 saturated heterocycles. The smallest absolute Gasteiger partial charge is 0.314 e. The van der Waals surface area contributed by atoms with Gasteiger partial charge in [-0.25, -0.2) is 0 Å². The molecule has 1 aromatic carbocycles. The van der Waals surface area contributed by atoms with Gasteiger partial charge in [0.1, 0.15) is 5.75 Å². The second kappa shape index (κ2) is 6.03. The highest BCUT2D eigenvalue weighted by molar-refractivity contribution is 5.75. The van der Waals surface area contributed by atoms with E-state index in [9.17, 15) is 4.79 Å². The topological polar surface area (TPSA) is 26.3 Å². The van der Waals surface area contributed by atoms with Crippen molar-refractivity contribution in [1.82, 2.24) is 0 Å². The largest absolute Gasteiger partial charge is 0.426 e. The Morgan fingerprint density at radius 1 is 1.22 bits per heavy atom. The third kappa shape index (κ3) is 3.59. The molecule has 0 aromatic heterocycles. The second-order valence-electron chi connectivity index (χ2n) is 5.65. The van der Waals surface area contributed by atoms with Crippen LogP contribution in [0, 0.1) is 17.3 Å². The first-order valence-electron chi connectivity index (χ1n) is 6.65. The Bertz CT molecular complexity index is 381. The van der Waals surface area contributed by atoms with Crippen molar-refractivity contribution in [2.75, 3.05) is 0 Å². The van der Waals surface area contributed by atoms with Gasteiger partial charge in [-0.15, -0.1) is 0 Å². The highest BCUT2D eigenvalue weighted by Crippen LogP contribution is 2.35. The summed E-state index contributed by atoms with van der Waals surface area (Å²) in [5.74, 6) is 0.671. The molecule has 0 aliphatic heterocycles. The summed E-state index contributed by atoms with van der Waals surface area (Å²) in [5, 5.41) is 0. The van der Waals surface area contributed by atoms with Gasteiger partial charge in [0.05, 0.1) is 5.92 Å². The summed E-state index contributed by atoms with van der Waals surface area (Å²) in [6, 6.07) is 9.25. The van der Waals surface area contributed by atoms with E-state index in [2.05, 4.69) is 27.7 Å². The van der Waals surface area contributed by atoms with Gasteiger partial charge in [0.2, 0.25) is 0 Å². The molecule has 0 bridgehead atoms. The van der Waals surface area contributed by atoms with Crippen LogP contribution < -0.4 is 4.74 Å². The number of para-hydroxylation sites is 1. The molecular formula is C16H24O2. The number of esters is 1. The predicted molar refractivity (Wildman–Crippen MR) is 74.5 cm³/mol. The van der Waals surface area contributed by atoms with Crippen molar-refractivity contribution < 1.29 is 9.53 Å². The molecule has 0 aliphatic rings. The number of benzene rings is 1. The Morgan fingerprint density at radius 3 is 2.28 bits per heavy atom. The highest BCUT2D eigenvalue weighted by Gasteiger charge is 2.33. The number of carbonyl (C=O) groups is 1. The summed E-state index contributed by atoms with van der Waals surface area (Å²) in [5.41, 5.74) is 0.148. The van der Waals surface area contributed by atoms with E-state index in [0.717, 1.165) is 6.42 Å². The van der Waals surface area contributed by atoms with Crippen molar-refractivity contribution in [3.63, 3.8) is 0 Å². The Balaban J connectivity index is 2.67. The van der Waals surface area contributed by atoms with E-state index in [-0.39, 0.29) is 17.3 Å². The van der Waals surface area contributed by atoms with Gasteiger partial charge in [0, 0.05) is 0 Å². The summed E-state index contributed by atoms with van der Waals surface area (Å²) in [6.45, 7) is 10.6. The normalized spacial score (nSPS) is 14.9. The van der Waals surface area contributed by atoms with Gasteiger partial charge in [0.25, 0.3) is 0 Å². The predicted octanol–water partition coefficient (Wildman–Crippen LogP) is 4.30. The first-order valence-corrected chi connectivity index (χ1v) is 6.65. The molecule has 18 heavy (non-hydrogen) atoms. The summed E-state index contributed by atoms with van der Waals surface area (Å²) in [7, 11) is 0. The highest BCUT2D eigenvalue weighted by atomic mass is 16.5. The van der Waals surface area contributed by atoms with Crippen LogP contribution in [0.25, 0.3) is 0 Å². The molecule has 0 spiro atoms. The quantitative estimate of drug-likeness (QED) is 0.573. The zero-order chi connectivity index (χ0) is 13.8. The van der Waals surface area contributed by atoms with E-state index in [1.807, 2.05) is 25.1 Å². The standard InChI is InChI=1S/C16H24O2/c1-6-16(4,5)13(3)12(2)15(17)18-14-10-8-7-9-11-14/h7-13H,6H2,1-5H3. The molecule has 0 N–H and O–H groups in total. The summed E-state index contributed by atoms with van der Waals surface area (Å²) >= 11 is 0. The van der Waals surface area contributed by atoms with Gasteiger partial charge in [-0.1, -0.05) is 59.2 Å². The summed E-state index contributed by atoms with van der Waals surface area (Å²) < 4.78 is 5.40. The zero-order valence-electron chi connectivity index (χ0n) is 12.1. The molecule has 0 radical (unpaired) electrons. The van der Waals surface area contributed by atoms with Crippen LogP contribution in [0.15, 0.2) is 30.3 Å². The Kier molecular flexibility index (Phi) is 4.94. The molecule has 100 valence electrons. The third-order valence-electron chi connectivity index (χ3n) is 4.23. The molecule has 1 rings (SSSR count). The van der Waals surface area contributed by atoms with Crippen LogP contribution in [0.1, 0.15) is 41.0 Å². The van der Waals surface area contributed by atoms with E-state index >= 15 is 0 Å². The molecule has 0 fully saturated rings. The van der Waals surface area contributed by atoms with Crippen LogP contribution >= 0.6 is 0 Å². The molecule has 0 heterocycles. The van der Waals surface area contributed by atoms with Crippen molar-refractivity contribution in [1.29, 1.82) is 0 Å². The Morgan fingerprint density at radius 2 is 1.78 bits per heavy atom. The van der Waals surface area contributed by atoms with Crippen molar-refractivity contribution in [2.24, 2.45) is 17.3 Å². The fraction of sp³-hybridized carbons (Fsp3) is 0.562. The maximum absolute atomic E-state index is 12.1. The zero-order valence-corrected chi connectivity index (χ0v) is 12.1. The molecule has 0 aliphatic carbocycles. The molecule has 2 atom stereocenters. The van der Waals surface area contributed by atoms with Crippen LogP contribution in [0.2, 0.25) is 0 Å². The summed E-state index contributed by atoms with van der Waals surface area (Å²) in [6.07, 6.45) is 1.05. The molecule has 2 nitrogen and oxygen atoms in total. The third-order valence-corrected chi connectivity index (χ3v) is 4.23. The lowest BCUT2D eigenvalue weighted by molar-refractivity contribution is -0.141. The fourth-order valence-electron chi connectivity index (χ4n) is 1.90. The van der Waals surface area contributed by atoms with Crippen molar-refractivity contribution in [3.8, 4) is 5.75 Å². The van der Waals surface area contributed by atoms with Crippen LogP contribution in [-0.4, -0.2) is 5.97 Å². The lowest BCUT2D eigenvalue weighted by Crippen LogP contribution is -2.33. The maximum atomic E-state index is 12.1. The minimum Gasteiger partial charge on any atom is -0.426 e. The van der Waals surface area contributed by atoms with Crippen LogP contribution in [0.4, 0.5) is 0 Å². The Labute approximate surface area is 110 Å². The average molecular weight is 248 g/mol. The van der Waals surface area contributed by atoms with Gasteiger partial charge >= 0.3 is 5.97 Å². The van der Waals surface area contributed by atoms with Gasteiger partial charge in [-0.05, 0) is 23.5 Å². The van der Waals surface area contributed by atoms with Gasteiger partial charge in [0.15, 0.2) is 0 Å². The van der Waals surface area contributed by atoms with E-state index in [1.54, 1.807) is 12.1 Å². The number of ether oxygens (including phenoxy) is 1. The van der Waals surface area contributed by atoms with Crippen molar-refractivity contribution in [2.45, 2.75) is 41.0 Å². The second-order valence-corrected chi connectivity index (χ2v) is 5.65. The monoisotopic (exact) mass is 248 g/mol. The fourth-order valence-corrected chi connectivity index (χ4v) is 1.90. The number of hydrogen-bond acceptors (Lipinski definition) is 2. The summed E-state index contributed by atoms with van der Waals surface area (Å²) in [4.78, 5) is 12.1. The van der Waals surface area contributed by atoms with E-state index < -0.39 is 0 Å². The van der Waals surface area contributed by atoms with Crippen LogP contribution in [0.5, 0.6) is 5.75 Å². The Hall–Kier alpha value is -1.31. The van der Waals surface area contributed by atoms with Gasteiger partial charge in [-0.2, -0.15) is 0 Å². The van der Waals surface area contributed by atoms with Crippen molar-refractivity contribution in [3.05, 3.63) is 30.3 Å². The molecule has 0 amide bonds.